The predicted molar refractivity (Wildman–Crippen MR) is 106 cm³/mol. The number of carbonyl (C=O) groups is 2. The monoisotopic (exact) mass is 371 g/mol. The lowest BCUT2D eigenvalue weighted by Gasteiger charge is -2.38. The Morgan fingerprint density at radius 1 is 1.23 bits per heavy atom. The molecule has 0 bridgehead atoms. The Hall–Kier alpha value is -2.18. The van der Waals surface area contributed by atoms with Crippen molar-refractivity contribution in [2.24, 2.45) is 0 Å². The Morgan fingerprint density at radius 2 is 2.00 bits per heavy atom. The molecule has 1 aromatic heterocycles. The number of nitrogens with zero attached hydrogens (tertiary/aromatic N) is 1. The quantitative estimate of drug-likeness (QED) is 0.846. The SMILES string of the molecule is CC(=O)Nc1ccccc1C(=O)NCCN1[C@H](C)Cc2ccsc2[C@@H]1C. The first kappa shape index (κ1) is 18.6. The number of hydrogen-bond donors (Lipinski definition) is 2. The van der Waals surface area contributed by atoms with Crippen LogP contribution in [0.4, 0.5) is 5.69 Å². The van der Waals surface area contributed by atoms with Gasteiger partial charge in [-0.3, -0.25) is 14.5 Å². The standard InChI is InChI=1S/C20H25N3O2S/c1-13-12-16-8-11-26-19(16)14(2)23(13)10-9-21-20(25)17-6-4-5-7-18(17)22-15(3)24/h4-8,11,13-14H,9-10,12H2,1-3H3,(H,21,25)(H,22,24)/t13-,14+/m1/s1. The summed E-state index contributed by atoms with van der Waals surface area (Å²) < 4.78 is 0. The number of anilines is 1. The van der Waals surface area contributed by atoms with Gasteiger partial charge in [-0.15, -0.1) is 11.3 Å². The van der Waals surface area contributed by atoms with Crippen LogP contribution in [0, 0.1) is 0 Å². The van der Waals surface area contributed by atoms with Gasteiger partial charge in [0.1, 0.15) is 0 Å². The molecule has 0 radical (unpaired) electrons. The molecule has 1 aromatic carbocycles. The van der Waals surface area contributed by atoms with Crippen molar-refractivity contribution in [3.63, 3.8) is 0 Å². The van der Waals surface area contributed by atoms with Crippen LogP contribution in [0.5, 0.6) is 0 Å². The zero-order valence-corrected chi connectivity index (χ0v) is 16.2. The van der Waals surface area contributed by atoms with Crippen LogP contribution in [-0.4, -0.2) is 35.8 Å². The minimum Gasteiger partial charge on any atom is -0.351 e. The van der Waals surface area contributed by atoms with Crippen LogP contribution in [0.25, 0.3) is 0 Å². The van der Waals surface area contributed by atoms with Gasteiger partial charge in [0, 0.05) is 37.0 Å². The van der Waals surface area contributed by atoms with Crippen LogP contribution in [0.3, 0.4) is 0 Å². The average Bonchev–Trinajstić information content (AvgIpc) is 3.06. The third-order valence-electron chi connectivity index (χ3n) is 4.88. The first-order chi connectivity index (χ1) is 12.5. The summed E-state index contributed by atoms with van der Waals surface area (Å²) in [5.74, 6) is -0.351. The van der Waals surface area contributed by atoms with E-state index in [1.807, 2.05) is 11.3 Å². The fourth-order valence-electron chi connectivity index (χ4n) is 3.64. The smallest absolute Gasteiger partial charge is 0.253 e. The summed E-state index contributed by atoms with van der Waals surface area (Å²) in [6.45, 7) is 7.28. The Morgan fingerprint density at radius 3 is 2.77 bits per heavy atom. The van der Waals surface area contributed by atoms with Gasteiger partial charge in [-0.05, 0) is 49.4 Å². The summed E-state index contributed by atoms with van der Waals surface area (Å²) in [6.07, 6.45) is 1.06. The molecule has 138 valence electrons. The number of amides is 2. The molecular weight excluding hydrogens is 346 g/mol. The van der Waals surface area contributed by atoms with Crippen molar-refractivity contribution in [3.8, 4) is 0 Å². The Balaban J connectivity index is 1.60. The Labute approximate surface area is 158 Å². The van der Waals surface area contributed by atoms with E-state index in [0.717, 1.165) is 13.0 Å². The zero-order valence-electron chi connectivity index (χ0n) is 15.4. The van der Waals surface area contributed by atoms with Crippen LogP contribution in [0.1, 0.15) is 47.6 Å². The molecule has 26 heavy (non-hydrogen) atoms. The summed E-state index contributed by atoms with van der Waals surface area (Å²) in [5.41, 5.74) is 2.49. The molecule has 0 unspecified atom stereocenters. The highest BCUT2D eigenvalue weighted by atomic mass is 32.1. The van der Waals surface area contributed by atoms with Crippen molar-refractivity contribution >= 4 is 28.8 Å². The van der Waals surface area contributed by atoms with E-state index in [4.69, 9.17) is 0 Å². The van der Waals surface area contributed by atoms with Gasteiger partial charge in [0.05, 0.1) is 11.3 Å². The summed E-state index contributed by atoms with van der Waals surface area (Å²) in [6, 6.07) is 10.1. The highest BCUT2D eigenvalue weighted by molar-refractivity contribution is 7.10. The average molecular weight is 372 g/mol. The molecule has 0 saturated carbocycles. The lowest BCUT2D eigenvalue weighted by molar-refractivity contribution is -0.114. The largest absolute Gasteiger partial charge is 0.351 e. The van der Waals surface area contributed by atoms with E-state index in [1.165, 1.54) is 17.4 Å². The van der Waals surface area contributed by atoms with Crippen LogP contribution < -0.4 is 10.6 Å². The molecule has 0 saturated heterocycles. The van der Waals surface area contributed by atoms with Gasteiger partial charge in [-0.25, -0.2) is 0 Å². The Kier molecular flexibility index (Phi) is 5.74. The van der Waals surface area contributed by atoms with Crippen LogP contribution >= 0.6 is 11.3 Å². The number of benzene rings is 1. The van der Waals surface area contributed by atoms with E-state index in [-0.39, 0.29) is 11.8 Å². The molecule has 2 amide bonds. The van der Waals surface area contributed by atoms with E-state index >= 15 is 0 Å². The van der Waals surface area contributed by atoms with Gasteiger partial charge in [0.25, 0.3) is 5.91 Å². The van der Waals surface area contributed by atoms with Gasteiger partial charge < -0.3 is 10.6 Å². The Bertz CT molecular complexity index is 802. The number of thiophene rings is 1. The van der Waals surface area contributed by atoms with Crippen molar-refractivity contribution in [1.29, 1.82) is 0 Å². The highest BCUT2D eigenvalue weighted by Gasteiger charge is 2.29. The molecule has 3 rings (SSSR count). The summed E-state index contributed by atoms with van der Waals surface area (Å²) in [5, 5.41) is 7.86. The van der Waals surface area contributed by atoms with Crippen molar-refractivity contribution in [3.05, 3.63) is 51.7 Å². The molecule has 0 aliphatic carbocycles. The van der Waals surface area contributed by atoms with E-state index in [9.17, 15) is 9.59 Å². The molecule has 2 heterocycles. The number of carbonyl (C=O) groups excluding carboxylic acids is 2. The molecule has 0 spiro atoms. The maximum absolute atomic E-state index is 12.5. The molecule has 5 nitrogen and oxygen atoms in total. The van der Waals surface area contributed by atoms with Gasteiger partial charge >= 0.3 is 0 Å². The van der Waals surface area contributed by atoms with Crippen molar-refractivity contribution in [2.45, 2.75) is 39.3 Å². The normalized spacial score (nSPS) is 19.7. The minimum atomic E-state index is -0.187. The zero-order chi connectivity index (χ0) is 18.7. The lowest BCUT2D eigenvalue weighted by Crippen LogP contribution is -2.44. The van der Waals surface area contributed by atoms with Gasteiger partial charge in [0.15, 0.2) is 0 Å². The molecule has 0 fully saturated rings. The predicted octanol–water partition coefficient (Wildman–Crippen LogP) is 3.44. The molecule has 2 aromatic rings. The lowest BCUT2D eigenvalue weighted by atomic mass is 9.97. The van der Waals surface area contributed by atoms with E-state index < -0.39 is 0 Å². The molecule has 6 heteroatoms. The third-order valence-corrected chi connectivity index (χ3v) is 6.01. The van der Waals surface area contributed by atoms with Crippen LogP contribution in [0.2, 0.25) is 0 Å². The third kappa shape index (κ3) is 3.97. The molecule has 1 aliphatic rings. The van der Waals surface area contributed by atoms with Crippen molar-refractivity contribution in [2.75, 3.05) is 18.4 Å². The topological polar surface area (TPSA) is 61.4 Å². The van der Waals surface area contributed by atoms with E-state index in [0.29, 0.717) is 29.9 Å². The van der Waals surface area contributed by atoms with E-state index in [2.05, 4.69) is 40.8 Å². The maximum atomic E-state index is 12.5. The molecular formula is C20H25N3O2S. The second-order valence-electron chi connectivity index (χ2n) is 6.76. The van der Waals surface area contributed by atoms with Crippen LogP contribution in [0.15, 0.2) is 35.7 Å². The molecule has 2 N–H and O–H groups in total. The summed E-state index contributed by atoms with van der Waals surface area (Å²) in [7, 11) is 0. The maximum Gasteiger partial charge on any atom is 0.253 e. The minimum absolute atomic E-state index is 0.163. The number of fused-ring (bicyclic) bond motifs is 1. The van der Waals surface area contributed by atoms with Crippen LogP contribution in [-0.2, 0) is 11.2 Å². The number of para-hydroxylation sites is 1. The van der Waals surface area contributed by atoms with Gasteiger partial charge in [0.2, 0.25) is 5.91 Å². The summed E-state index contributed by atoms with van der Waals surface area (Å²) >= 11 is 1.81. The number of hydrogen-bond acceptors (Lipinski definition) is 4. The molecule has 2 atom stereocenters. The first-order valence-corrected chi connectivity index (χ1v) is 9.82. The second-order valence-corrected chi connectivity index (χ2v) is 7.71. The fourth-order valence-corrected chi connectivity index (χ4v) is 4.65. The number of rotatable bonds is 5. The first-order valence-electron chi connectivity index (χ1n) is 8.94. The number of nitrogens with one attached hydrogen (secondary N) is 2. The van der Waals surface area contributed by atoms with E-state index in [1.54, 1.807) is 24.3 Å². The van der Waals surface area contributed by atoms with Gasteiger partial charge in [-0.2, -0.15) is 0 Å². The second kappa shape index (κ2) is 8.01. The molecule has 1 aliphatic heterocycles. The van der Waals surface area contributed by atoms with Crippen molar-refractivity contribution < 1.29 is 9.59 Å². The van der Waals surface area contributed by atoms with Gasteiger partial charge in [-0.1, -0.05) is 12.1 Å². The highest BCUT2D eigenvalue weighted by Crippen LogP contribution is 2.35. The fraction of sp³-hybridized carbons (Fsp3) is 0.400. The summed E-state index contributed by atoms with van der Waals surface area (Å²) in [4.78, 5) is 27.7. The van der Waals surface area contributed by atoms with Crippen molar-refractivity contribution in [1.82, 2.24) is 10.2 Å².